The molecule has 1 aliphatic heterocycles. The highest BCUT2D eigenvalue weighted by Gasteiger charge is 2.35. The molecule has 1 aromatic heterocycles. The van der Waals surface area contributed by atoms with E-state index in [0.717, 1.165) is 11.3 Å². The molecule has 1 N–H and O–H groups in total. The first-order valence-corrected chi connectivity index (χ1v) is 9.13. The third-order valence-corrected chi connectivity index (χ3v) is 4.75. The molecule has 7 nitrogen and oxygen atoms in total. The number of aryl methyl sites for hydroxylation is 1. The van der Waals surface area contributed by atoms with Gasteiger partial charge in [-0.15, -0.1) is 0 Å². The Morgan fingerprint density at radius 3 is 2.68 bits per heavy atom. The molecule has 28 heavy (non-hydrogen) atoms. The lowest BCUT2D eigenvalue weighted by atomic mass is 10.1. The standard InChI is InChI=1S/C21H20N4O3/c1-14-22-19(28-24-14)11-15-7-5-6-10-18(15)23-21(27)16-12-20(26)25(13-16)17-8-3-2-4-9-17/h2-10,16H,11-13H2,1H3,(H,23,27). The molecule has 1 fully saturated rings. The van der Waals surface area contributed by atoms with Crippen molar-refractivity contribution in [1.82, 2.24) is 10.1 Å². The summed E-state index contributed by atoms with van der Waals surface area (Å²) < 4.78 is 5.18. The predicted molar refractivity (Wildman–Crippen MR) is 104 cm³/mol. The smallest absolute Gasteiger partial charge is 0.231 e. The van der Waals surface area contributed by atoms with E-state index in [1.54, 1.807) is 11.8 Å². The zero-order valence-electron chi connectivity index (χ0n) is 15.5. The van der Waals surface area contributed by atoms with Gasteiger partial charge in [0.1, 0.15) is 0 Å². The van der Waals surface area contributed by atoms with Crippen molar-refractivity contribution in [3.8, 4) is 0 Å². The van der Waals surface area contributed by atoms with E-state index in [1.165, 1.54) is 0 Å². The number of para-hydroxylation sites is 2. The summed E-state index contributed by atoms with van der Waals surface area (Å²) in [5.41, 5.74) is 2.38. The summed E-state index contributed by atoms with van der Waals surface area (Å²) in [6.45, 7) is 2.13. The molecule has 1 saturated heterocycles. The average molecular weight is 376 g/mol. The molecule has 1 aliphatic rings. The molecule has 2 heterocycles. The van der Waals surface area contributed by atoms with Crippen molar-refractivity contribution in [3.63, 3.8) is 0 Å². The SMILES string of the molecule is Cc1noc(Cc2ccccc2NC(=O)C2CC(=O)N(c3ccccc3)C2)n1. The van der Waals surface area contributed by atoms with Crippen LogP contribution in [0.2, 0.25) is 0 Å². The average Bonchev–Trinajstić information content (AvgIpc) is 3.29. The molecule has 1 atom stereocenters. The molecule has 0 bridgehead atoms. The number of nitrogens with one attached hydrogen (secondary N) is 1. The third kappa shape index (κ3) is 3.78. The molecule has 7 heteroatoms. The second kappa shape index (κ2) is 7.64. The van der Waals surface area contributed by atoms with Crippen molar-refractivity contribution in [3.05, 3.63) is 71.9 Å². The van der Waals surface area contributed by atoms with Gasteiger partial charge in [0.25, 0.3) is 0 Å². The number of benzene rings is 2. The van der Waals surface area contributed by atoms with Gasteiger partial charge in [0, 0.05) is 24.3 Å². The molecule has 0 aliphatic carbocycles. The van der Waals surface area contributed by atoms with Crippen LogP contribution >= 0.6 is 0 Å². The zero-order chi connectivity index (χ0) is 19.5. The molecule has 142 valence electrons. The second-order valence-electron chi connectivity index (χ2n) is 6.80. The largest absolute Gasteiger partial charge is 0.339 e. The Morgan fingerprint density at radius 2 is 1.93 bits per heavy atom. The van der Waals surface area contributed by atoms with E-state index in [2.05, 4.69) is 15.5 Å². The minimum atomic E-state index is -0.397. The van der Waals surface area contributed by atoms with E-state index in [9.17, 15) is 9.59 Å². The van der Waals surface area contributed by atoms with Gasteiger partial charge in [-0.1, -0.05) is 41.6 Å². The highest BCUT2D eigenvalue weighted by atomic mass is 16.5. The molecule has 0 spiro atoms. The molecule has 2 aromatic carbocycles. The quantitative estimate of drug-likeness (QED) is 0.740. The summed E-state index contributed by atoms with van der Waals surface area (Å²) in [5.74, 6) is 0.459. The minimum Gasteiger partial charge on any atom is -0.339 e. The van der Waals surface area contributed by atoms with Crippen molar-refractivity contribution >= 4 is 23.2 Å². The lowest BCUT2D eigenvalue weighted by molar-refractivity contribution is -0.122. The number of aromatic nitrogens is 2. The summed E-state index contributed by atoms with van der Waals surface area (Å²) in [5, 5.41) is 6.76. The van der Waals surface area contributed by atoms with Crippen molar-refractivity contribution in [2.45, 2.75) is 19.8 Å². The number of carbonyl (C=O) groups is 2. The van der Waals surface area contributed by atoms with Crippen LogP contribution in [0.25, 0.3) is 0 Å². The van der Waals surface area contributed by atoms with Crippen LogP contribution in [0.4, 0.5) is 11.4 Å². The minimum absolute atomic E-state index is 0.0408. The van der Waals surface area contributed by atoms with Gasteiger partial charge in [0.15, 0.2) is 5.82 Å². The molecule has 2 amide bonds. The van der Waals surface area contributed by atoms with Gasteiger partial charge < -0.3 is 14.7 Å². The van der Waals surface area contributed by atoms with Gasteiger partial charge in [-0.2, -0.15) is 4.98 Å². The molecule has 0 radical (unpaired) electrons. The molecular formula is C21H20N4O3. The Morgan fingerprint density at radius 1 is 1.18 bits per heavy atom. The first-order chi connectivity index (χ1) is 13.6. The van der Waals surface area contributed by atoms with Crippen molar-refractivity contribution in [2.24, 2.45) is 5.92 Å². The number of rotatable bonds is 5. The van der Waals surface area contributed by atoms with E-state index in [-0.39, 0.29) is 18.2 Å². The fourth-order valence-electron chi connectivity index (χ4n) is 3.35. The van der Waals surface area contributed by atoms with Crippen LogP contribution in [0.1, 0.15) is 23.7 Å². The number of nitrogens with zero attached hydrogens (tertiary/aromatic N) is 3. The van der Waals surface area contributed by atoms with Crippen LogP contribution in [-0.2, 0) is 16.0 Å². The molecule has 4 rings (SSSR count). The van der Waals surface area contributed by atoms with Gasteiger partial charge in [0.2, 0.25) is 17.7 Å². The third-order valence-electron chi connectivity index (χ3n) is 4.75. The normalized spacial score (nSPS) is 16.4. The van der Waals surface area contributed by atoms with Crippen LogP contribution < -0.4 is 10.2 Å². The number of amides is 2. The van der Waals surface area contributed by atoms with Gasteiger partial charge in [-0.25, -0.2) is 0 Å². The Balaban J connectivity index is 1.46. The Kier molecular flexibility index (Phi) is 4.89. The van der Waals surface area contributed by atoms with Gasteiger partial charge >= 0.3 is 0 Å². The number of hydrogen-bond donors (Lipinski definition) is 1. The highest BCUT2D eigenvalue weighted by Crippen LogP contribution is 2.26. The van der Waals surface area contributed by atoms with Gasteiger partial charge in [-0.3, -0.25) is 9.59 Å². The summed E-state index contributed by atoms with van der Waals surface area (Å²) in [4.78, 5) is 31.1. The van der Waals surface area contributed by atoms with E-state index >= 15 is 0 Å². The van der Waals surface area contributed by atoms with Gasteiger partial charge in [0.05, 0.1) is 12.3 Å². The fraction of sp³-hybridized carbons (Fsp3) is 0.238. The summed E-state index contributed by atoms with van der Waals surface area (Å²) in [6.07, 6.45) is 0.628. The topological polar surface area (TPSA) is 88.3 Å². The zero-order valence-corrected chi connectivity index (χ0v) is 15.5. The van der Waals surface area contributed by atoms with Gasteiger partial charge in [-0.05, 0) is 30.7 Å². The van der Waals surface area contributed by atoms with Crippen LogP contribution in [-0.4, -0.2) is 28.5 Å². The highest BCUT2D eigenvalue weighted by molar-refractivity contribution is 6.03. The first kappa shape index (κ1) is 17.9. The summed E-state index contributed by atoms with van der Waals surface area (Å²) >= 11 is 0. The van der Waals surface area contributed by atoms with E-state index < -0.39 is 5.92 Å². The van der Waals surface area contributed by atoms with Crippen molar-refractivity contribution < 1.29 is 14.1 Å². The summed E-state index contributed by atoms with van der Waals surface area (Å²) in [6, 6.07) is 16.9. The summed E-state index contributed by atoms with van der Waals surface area (Å²) in [7, 11) is 0. The van der Waals surface area contributed by atoms with Crippen LogP contribution in [0.15, 0.2) is 59.1 Å². The van der Waals surface area contributed by atoms with Crippen molar-refractivity contribution in [2.75, 3.05) is 16.8 Å². The van der Waals surface area contributed by atoms with Crippen LogP contribution in [0.5, 0.6) is 0 Å². The van der Waals surface area contributed by atoms with Crippen LogP contribution in [0, 0.1) is 12.8 Å². The fourth-order valence-corrected chi connectivity index (χ4v) is 3.35. The number of anilines is 2. The first-order valence-electron chi connectivity index (χ1n) is 9.13. The predicted octanol–water partition coefficient (Wildman–Crippen LogP) is 2.96. The molecular weight excluding hydrogens is 356 g/mol. The van der Waals surface area contributed by atoms with Crippen LogP contribution in [0.3, 0.4) is 0 Å². The number of hydrogen-bond acceptors (Lipinski definition) is 5. The maximum Gasteiger partial charge on any atom is 0.231 e. The van der Waals surface area contributed by atoms with E-state index in [0.29, 0.717) is 30.4 Å². The molecule has 0 saturated carbocycles. The Labute approximate surface area is 162 Å². The Hall–Kier alpha value is -3.48. The number of carbonyl (C=O) groups excluding carboxylic acids is 2. The maximum absolute atomic E-state index is 12.8. The van der Waals surface area contributed by atoms with Crippen molar-refractivity contribution in [1.29, 1.82) is 0 Å². The lowest BCUT2D eigenvalue weighted by Crippen LogP contribution is -2.28. The maximum atomic E-state index is 12.8. The molecule has 1 unspecified atom stereocenters. The molecule has 3 aromatic rings. The van der Waals surface area contributed by atoms with E-state index in [4.69, 9.17) is 4.52 Å². The lowest BCUT2D eigenvalue weighted by Gasteiger charge is -2.17. The second-order valence-corrected chi connectivity index (χ2v) is 6.80. The monoisotopic (exact) mass is 376 g/mol. The van der Waals surface area contributed by atoms with E-state index in [1.807, 2.05) is 54.6 Å². The Bertz CT molecular complexity index is 1000.